The van der Waals surface area contributed by atoms with E-state index in [0.717, 1.165) is 49.1 Å². The molecule has 1 aliphatic rings. The summed E-state index contributed by atoms with van der Waals surface area (Å²) in [4.78, 5) is 15.0. The lowest BCUT2D eigenvalue weighted by Gasteiger charge is -2.32. The second-order valence-corrected chi connectivity index (χ2v) is 7.76. The molecule has 1 aliphatic heterocycles. The fraction of sp³-hybridized carbons (Fsp3) is 0.375. The summed E-state index contributed by atoms with van der Waals surface area (Å²) >= 11 is 0. The van der Waals surface area contributed by atoms with Crippen LogP contribution in [0.1, 0.15) is 24.8 Å². The number of nitrogens with zero attached hydrogens (tertiary/aromatic N) is 2. The minimum absolute atomic E-state index is 0.128. The molecule has 0 radical (unpaired) electrons. The molecule has 0 spiro atoms. The van der Waals surface area contributed by atoms with Crippen LogP contribution in [0.2, 0.25) is 0 Å². The van der Waals surface area contributed by atoms with Gasteiger partial charge in [-0.15, -0.1) is 0 Å². The van der Waals surface area contributed by atoms with Crippen molar-refractivity contribution in [3.63, 3.8) is 0 Å². The maximum Gasteiger partial charge on any atom is 0.222 e. The predicted molar refractivity (Wildman–Crippen MR) is 116 cm³/mol. The Labute approximate surface area is 172 Å². The smallest absolute Gasteiger partial charge is 0.222 e. The van der Waals surface area contributed by atoms with E-state index >= 15 is 0 Å². The second kappa shape index (κ2) is 9.14. The first-order valence-corrected chi connectivity index (χ1v) is 10.4. The minimum atomic E-state index is 0.128. The number of hydrogen-bond acceptors (Lipinski definition) is 3. The average Bonchev–Trinajstić information content (AvgIpc) is 3.18. The van der Waals surface area contributed by atoms with Crippen molar-refractivity contribution in [2.24, 2.45) is 0 Å². The van der Waals surface area contributed by atoms with E-state index in [1.54, 1.807) is 7.11 Å². The zero-order valence-electron chi connectivity index (χ0n) is 17.0. The van der Waals surface area contributed by atoms with Crippen LogP contribution < -0.4 is 10.1 Å². The molecule has 2 heterocycles. The van der Waals surface area contributed by atoms with E-state index in [1.165, 1.54) is 5.56 Å². The van der Waals surface area contributed by atoms with Crippen molar-refractivity contribution < 1.29 is 9.53 Å². The van der Waals surface area contributed by atoms with Crippen molar-refractivity contribution in [2.45, 2.75) is 38.4 Å². The molecule has 1 N–H and O–H groups in total. The van der Waals surface area contributed by atoms with Crippen LogP contribution in [-0.4, -0.2) is 41.6 Å². The normalized spacial score (nSPS) is 15.5. The first-order valence-electron chi connectivity index (χ1n) is 10.4. The third-order valence-electron chi connectivity index (χ3n) is 5.75. The number of fused-ring (bicyclic) bond motifs is 1. The van der Waals surface area contributed by atoms with Crippen molar-refractivity contribution in [2.75, 3.05) is 20.2 Å². The third-order valence-corrected chi connectivity index (χ3v) is 5.75. The highest BCUT2D eigenvalue weighted by Gasteiger charge is 2.20. The van der Waals surface area contributed by atoms with Crippen LogP contribution in [0, 0.1) is 0 Å². The van der Waals surface area contributed by atoms with Crippen LogP contribution in [0.15, 0.2) is 60.8 Å². The number of rotatable bonds is 7. The Balaban J connectivity index is 1.25. The van der Waals surface area contributed by atoms with Gasteiger partial charge in [0.1, 0.15) is 5.75 Å². The van der Waals surface area contributed by atoms with E-state index in [4.69, 9.17) is 4.74 Å². The van der Waals surface area contributed by atoms with Crippen LogP contribution in [0.3, 0.4) is 0 Å². The van der Waals surface area contributed by atoms with Gasteiger partial charge in [0.05, 0.1) is 12.6 Å². The van der Waals surface area contributed by atoms with Gasteiger partial charge >= 0.3 is 0 Å². The molecule has 5 nitrogen and oxygen atoms in total. The number of ether oxygens (including phenoxy) is 1. The number of hydrogen-bond donors (Lipinski definition) is 1. The molecule has 3 aromatic rings. The minimum Gasteiger partial charge on any atom is -0.495 e. The van der Waals surface area contributed by atoms with Gasteiger partial charge in [0, 0.05) is 50.2 Å². The number of benzene rings is 2. The Morgan fingerprint density at radius 1 is 1.07 bits per heavy atom. The van der Waals surface area contributed by atoms with Crippen molar-refractivity contribution >= 4 is 16.8 Å². The van der Waals surface area contributed by atoms with Crippen LogP contribution in [0.25, 0.3) is 10.9 Å². The van der Waals surface area contributed by atoms with Gasteiger partial charge in [-0.25, -0.2) is 0 Å². The molecule has 1 aromatic heterocycles. The molecule has 0 saturated carbocycles. The lowest BCUT2D eigenvalue weighted by molar-refractivity contribution is -0.122. The molecule has 1 saturated heterocycles. The van der Waals surface area contributed by atoms with Gasteiger partial charge in [-0.1, -0.05) is 42.5 Å². The van der Waals surface area contributed by atoms with Gasteiger partial charge in [-0.3, -0.25) is 9.69 Å². The molecule has 0 bridgehead atoms. The number of aryl methyl sites for hydroxylation is 1. The maximum atomic E-state index is 12.5. The fourth-order valence-electron chi connectivity index (χ4n) is 4.18. The molecule has 29 heavy (non-hydrogen) atoms. The highest BCUT2D eigenvalue weighted by molar-refractivity contribution is 5.86. The average molecular weight is 392 g/mol. The number of amides is 1. The van der Waals surface area contributed by atoms with Gasteiger partial charge in [-0.05, 0) is 30.5 Å². The van der Waals surface area contributed by atoms with Gasteiger partial charge in [0.25, 0.3) is 0 Å². The predicted octanol–water partition coefficient (Wildman–Crippen LogP) is 3.82. The highest BCUT2D eigenvalue weighted by atomic mass is 16.5. The van der Waals surface area contributed by atoms with Crippen LogP contribution in [0.5, 0.6) is 5.75 Å². The van der Waals surface area contributed by atoms with Gasteiger partial charge in [-0.2, -0.15) is 0 Å². The number of piperidine rings is 1. The van der Waals surface area contributed by atoms with E-state index < -0.39 is 0 Å². The van der Waals surface area contributed by atoms with E-state index in [1.807, 2.05) is 18.3 Å². The summed E-state index contributed by atoms with van der Waals surface area (Å²) in [6, 6.07) is 18.9. The summed E-state index contributed by atoms with van der Waals surface area (Å²) < 4.78 is 7.59. The lowest BCUT2D eigenvalue weighted by atomic mass is 10.0. The Morgan fingerprint density at radius 2 is 1.86 bits per heavy atom. The monoisotopic (exact) mass is 391 g/mol. The fourth-order valence-corrected chi connectivity index (χ4v) is 4.18. The van der Waals surface area contributed by atoms with Gasteiger partial charge in [0.2, 0.25) is 5.91 Å². The summed E-state index contributed by atoms with van der Waals surface area (Å²) in [5.74, 6) is 0.974. The number of carbonyl (C=O) groups excluding carboxylic acids is 1. The summed E-state index contributed by atoms with van der Waals surface area (Å²) in [6.07, 6.45) is 4.53. The second-order valence-electron chi connectivity index (χ2n) is 7.76. The first kappa shape index (κ1) is 19.5. The Bertz CT molecular complexity index is 943. The van der Waals surface area contributed by atoms with Crippen molar-refractivity contribution in [1.82, 2.24) is 14.8 Å². The molecule has 4 rings (SSSR count). The summed E-state index contributed by atoms with van der Waals surface area (Å²) in [7, 11) is 1.68. The van der Waals surface area contributed by atoms with Crippen LogP contribution in [0.4, 0.5) is 0 Å². The number of nitrogens with one attached hydrogen (secondary N) is 1. The molecule has 0 aliphatic carbocycles. The summed E-state index contributed by atoms with van der Waals surface area (Å²) in [5.41, 5.74) is 2.40. The van der Waals surface area contributed by atoms with Crippen molar-refractivity contribution in [3.8, 4) is 5.75 Å². The Morgan fingerprint density at radius 3 is 2.62 bits per heavy atom. The largest absolute Gasteiger partial charge is 0.495 e. The molecule has 1 amide bonds. The topological polar surface area (TPSA) is 46.5 Å². The first-order chi connectivity index (χ1) is 14.2. The van der Waals surface area contributed by atoms with E-state index in [0.29, 0.717) is 13.0 Å². The maximum absolute atomic E-state index is 12.5. The molecule has 5 heteroatoms. The van der Waals surface area contributed by atoms with E-state index in [9.17, 15) is 4.79 Å². The number of likely N-dealkylation sites (tertiary alicyclic amines) is 1. The van der Waals surface area contributed by atoms with E-state index in [-0.39, 0.29) is 11.9 Å². The number of methoxy groups -OCH3 is 1. The molecule has 152 valence electrons. The van der Waals surface area contributed by atoms with Crippen molar-refractivity contribution in [3.05, 3.63) is 66.4 Å². The zero-order valence-corrected chi connectivity index (χ0v) is 17.0. The Kier molecular flexibility index (Phi) is 6.15. The third kappa shape index (κ3) is 4.80. The Hall–Kier alpha value is -2.79. The highest BCUT2D eigenvalue weighted by Crippen LogP contribution is 2.26. The number of para-hydroxylation sites is 1. The van der Waals surface area contributed by atoms with Crippen LogP contribution in [-0.2, 0) is 17.9 Å². The number of aromatic nitrogens is 1. The van der Waals surface area contributed by atoms with Crippen molar-refractivity contribution in [1.29, 1.82) is 0 Å². The zero-order chi connectivity index (χ0) is 20.1. The SMILES string of the molecule is COc1cccc2ccn(CCC(=O)NC3CCN(Cc4ccccc4)CC3)c12. The molecule has 2 aromatic carbocycles. The molecule has 0 unspecified atom stereocenters. The quantitative estimate of drug-likeness (QED) is 0.666. The van der Waals surface area contributed by atoms with Crippen LogP contribution >= 0.6 is 0 Å². The van der Waals surface area contributed by atoms with Gasteiger partial charge in [0.15, 0.2) is 0 Å². The molecular weight excluding hydrogens is 362 g/mol. The molecule has 1 fully saturated rings. The van der Waals surface area contributed by atoms with Gasteiger partial charge < -0.3 is 14.6 Å². The van der Waals surface area contributed by atoms with E-state index in [2.05, 4.69) is 57.2 Å². The standard InChI is InChI=1S/C24H29N3O2/c1-29-22-9-5-8-20-10-16-27(24(20)22)17-13-23(28)25-21-11-14-26(15-12-21)18-19-6-3-2-4-7-19/h2-10,16,21H,11-15,17-18H2,1H3,(H,25,28). The number of carbonyl (C=O) groups is 1. The molecule has 0 atom stereocenters. The summed E-state index contributed by atoms with van der Waals surface area (Å²) in [5, 5.41) is 4.37. The molecular formula is C24H29N3O2. The summed E-state index contributed by atoms with van der Waals surface area (Å²) in [6.45, 7) is 3.70. The lowest BCUT2D eigenvalue weighted by Crippen LogP contribution is -2.44.